The van der Waals surface area contributed by atoms with Crippen molar-refractivity contribution < 1.29 is 13.2 Å². The molecule has 0 rings (SSSR count). The number of hydrogen-bond donors (Lipinski definition) is 0. The summed E-state index contributed by atoms with van der Waals surface area (Å²) in [6.07, 6.45) is 0.605. The average molecular weight is 235 g/mol. The molecule has 0 spiro atoms. The van der Waals surface area contributed by atoms with E-state index in [2.05, 4.69) is 0 Å². The topological polar surface area (TPSA) is 54.5 Å². The van der Waals surface area contributed by atoms with Gasteiger partial charge in [-0.05, 0) is 19.3 Å². The molecule has 0 saturated carbocycles. The van der Waals surface area contributed by atoms with E-state index in [0.29, 0.717) is 12.3 Å². The molecule has 0 aromatic rings. The fraction of sp³-hybridized carbons (Fsp3) is 0.900. The molecular formula is C10H21NO3S. The van der Waals surface area contributed by atoms with Crippen molar-refractivity contribution >= 4 is 15.7 Å². The fourth-order valence-corrected chi connectivity index (χ4v) is 2.77. The predicted molar refractivity (Wildman–Crippen MR) is 61.4 cm³/mol. The molecule has 0 N–H and O–H groups in total. The molecule has 0 fully saturated rings. The molecule has 0 aromatic heterocycles. The summed E-state index contributed by atoms with van der Waals surface area (Å²) in [4.78, 5) is 12.8. The van der Waals surface area contributed by atoms with Crippen LogP contribution in [0.3, 0.4) is 0 Å². The molecule has 5 heteroatoms. The Balaban J connectivity index is 4.53. The molecule has 1 amide bonds. The zero-order valence-electron chi connectivity index (χ0n) is 10.1. The van der Waals surface area contributed by atoms with E-state index in [4.69, 9.17) is 0 Å². The van der Waals surface area contributed by atoms with Gasteiger partial charge in [0.25, 0.3) is 0 Å². The maximum absolute atomic E-state index is 11.7. The van der Waals surface area contributed by atoms with Gasteiger partial charge in [-0.2, -0.15) is 0 Å². The van der Waals surface area contributed by atoms with Crippen molar-refractivity contribution in [2.24, 2.45) is 5.92 Å². The molecular weight excluding hydrogens is 214 g/mol. The summed E-state index contributed by atoms with van der Waals surface area (Å²) in [7, 11) is -0.158. The zero-order chi connectivity index (χ0) is 12.2. The van der Waals surface area contributed by atoms with Gasteiger partial charge in [0.05, 0.1) is 5.75 Å². The van der Waals surface area contributed by atoms with Crippen LogP contribution in [-0.2, 0) is 14.6 Å². The Morgan fingerprint density at radius 2 is 1.67 bits per heavy atom. The van der Waals surface area contributed by atoms with Gasteiger partial charge in [0.2, 0.25) is 5.91 Å². The first kappa shape index (κ1) is 14.4. The summed E-state index contributed by atoms with van der Waals surface area (Å²) in [6.45, 7) is 5.39. The first-order chi connectivity index (χ1) is 6.68. The van der Waals surface area contributed by atoms with Gasteiger partial charge in [0.1, 0.15) is 5.25 Å². The van der Waals surface area contributed by atoms with Crippen LogP contribution in [0, 0.1) is 5.92 Å². The zero-order valence-corrected chi connectivity index (χ0v) is 11.0. The van der Waals surface area contributed by atoms with Gasteiger partial charge in [-0.3, -0.25) is 4.79 Å². The largest absolute Gasteiger partial charge is 0.348 e. The summed E-state index contributed by atoms with van der Waals surface area (Å²) < 4.78 is 23.5. The maximum atomic E-state index is 11.7. The lowest BCUT2D eigenvalue weighted by molar-refractivity contribution is -0.127. The van der Waals surface area contributed by atoms with Crippen molar-refractivity contribution in [1.82, 2.24) is 4.90 Å². The van der Waals surface area contributed by atoms with E-state index in [9.17, 15) is 13.2 Å². The number of rotatable bonds is 5. The third kappa shape index (κ3) is 4.64. The number of nitrogens with zero attached hydrogens (tertiary/aromatic N) is 1. The van der Waals surface area contributed by atoms with Gasteiger partial charge < -0.3 is 4.90 Å². The SMILES string of the molecule is CC(C)CCS(=O)(=O)C(C)C(=O)N(C)C. The molecule has 1 atom stereocenters. The second kappa shape index (κ2) is 5.49. The van der Waals surface area contributed by atoms with Crippen molar-refractivity contribution in [2.75, 3.05) is 19.8 Å². The fourth-order valence-electron chi connectivity index (χ4n) is 1.09. The Morgan fingerprint density at radius 1 is 1.20 bits per heavy atom. The predicted octanol–water partition coefficient (Wildman–Crippen LogP) is 0.924. The van der Waals surface area contributed by atoms with E-state index >= 15 is 0 Å². The summed E-state index contributed by atoms with van der Waals surface area (Å²) in [5, 5.41) is -0.925. The molecule has 0 saturated heterocycles. The second-order valence-electron chi connectivity index (χ2n) is 4.42. The summed E-state index contributed by atoms with van der Waals surface area (Å²) >= 11 is 0. The Kier molecular flexibility index (Phi) is 5.28. The van der Waals surface area contributed by atoms with Crippen LogP contribution < -0.4 is 0 Å². The molecule has 0 aromatic carbocycles. The van der Waals surface area contributed by atoms with Gasteiger partial charge in [-0.15, -0.1) is 0 Å². The smallest absolute Gasteiger partial charge is 0.240 e. The van der Waals surface area contributed by atoms with E-state index < -0.39 is 15.1 Å². The minimum absolute atomic E-state index is 0.0887. The van der Waals surface area contributed by atoms with Crippen LogP contribution in [-0.4, -0.2) is 44.3 Å². The standard InChI is InChI=1S/C10H21NO3S/c1-8(2)6-7-15(13,14)9(3)10(12)11(4)5/h8-9H,6-7H2,1-5H3. The van der Waals surface area contributed by atoms with Crippen LogP contribution in [0.4, 0.5) is 0 Å². The molecule has 0 radical (unpaired) electrons. The highest BCUT2D eigenvalue weighted by molar-refractivity contribution is 7.92. The third-order valence-electron chi connectivity index (χ3n) is 2.31. The molecule has 4 nitrogen and oxygen atoms in total. The number of hydrogen-bond acceptors (Lipinski definition) is 3. The van der Waals surface area contributed by atoms with Gasteiger partial charge >= 0.3 is 0 Å². The average Bonchev–Trinajstić information content (AvgIpc) is 2.12. The Labute approximate surface area is 92.6 Å². The molecule has 0 aliphatic rings. The molecule has 15 heavy (non-hydrogen) atoms. The highest BCUT2D eigenvalue weighted by Crippen LogP contribution is 2.10. The molecule has 0 aliphatic carbocycles. The van der Waals surface area contributed by atoms with Crippen LogP contribution >= 0.6 is 0 Å². The number of carbonyl (C=O) groups is 1. The van der Waals surface area contributed by atoms with Crippen molar-refractivity contribution in [3.05, 3.63) is 0 Å². The third-order valence-corrected chi connectivity index (χ3v) is 4.39. The lowest BCUT2D eigenvalue weighted by atomic mass is 10.2. The summed E-state index contributed by atoms with van der Waals surface area (Å²) in [5.41, 5.74) is 0. The van der Waals surface area contributed by atoms with Gasteiger partial charge in [-0.25, -0.2) is 8.42 Å². The van der Waals surface area contributed by atoms with Crippen LogP contribution in [0.2, 0.25) is 0 Å². The van der Waals surface area contributed by atoms with Crippen LogP contribution in [0.15, 0.2) is 0 Å². The van der Waals surface area contributed by atoms with Crippen LogP contribution in [0.5, 0.6) is 0 Å². The molecule has 0 aliphatic heterocycles. The monoisotopic (exact) mass is 235 g/mol. The number of amides is 1. The minimum atomic E-state index is -3.29. The van der Waals surface area contributed by atoms with Crippen LogP contribution in [0.1, 0.15) is 27.2 Å². The van der Waals surface area contributed by atoms with Gasteiger partial charge in [0, 0.05) is 14.1 Å². The summed E-state index contributed by atoms with van der Waals surface area (Å²) in [6, 6.07) is 0. The van der Waals surface area contributed by atoms with E-state index in [1.807, 2.05) is 13.8 Å². The normalized spacial score (nSPS) is 14.0. The Hall–Kier alpha value is -0.580. The number of sulfone groups is 1. The second-order valence-corrected chi connectivity index (χ2v) is 6.87. The van der Waals surface area contributed by atoms with Crippen LogP contribution in [0.25, 0.3) is 0 Å². The first-order valence-electron chi connectivity index (χ1n) is 5.11. The number of carbonyl (C=O) groups excluding carboxylic acids is 1. The molecule has 0 heterocycles. The van der Waals surface area contributed by atoms with Gasteiger partial charge in [0.15, 0.2) is 9.84 Å². The van der Waals surface area contributed by atoms with Gasteiger partial charge in [-0.1, -0.05) is 13.8 Å². The lowest BCUT2D eigenvalue weighted by Gasteiger charge is -2.17. The highest BCUT2D eigenvalue weighted by Gasteiger charge is 2.28. The quantitative estimate of drug-likeness (QED) is 0.712. The minimum Gasteiger partial charge on any atom is -0.348 e. The van der Waals surface area contributed by atoms with Crippen molar-refractivity contribution in [3.8, 4) is 0 Å². The molecule has 0 bridgehead atoms. The van der Waals surface area contributed by atoms with E-state index in [0.717, 1.165) is 0 Å². The Bertz CT molecular complexity index is 307. The van der Waals surface area contributed by atoms with Crippen molar-refractivity contribution in [1.29, 1.82) is 0 Å². The maximum Gasteiger partial charge on any atom is 0.240 e. The lowest BCUT2D eigenvalue weighted by Crippen LogP contribution is -2.38. The van der Waals surface area contributed by atoms with E-state index in [1.54, 1.807) is 14.1 Å². The van der Waals surface area contributed by atoms with E-state index in [1.165, 1.54) is 11.8 Å². The highest BCUT2D eigenvalue weighted by atomic mass is 32.2. The molecule has 90 valence electrons. The van der Waals surface area contributed by atoms with Crippen molar-refractivity contribution in [2.45, 2.75) is 32.4 Å². The Morgan fingerprint density at radius 3 is 2.00 bits per heavy atom. The first-order valence-corrected chi connectivity index (χ1v) is 6.82. The summed E-state index contributed by atoms with van der Waals surface area (Å²) in [5.74, 6) is 0.0750. The van der Waals surface area contributed by atoms with E-state index in [-0.39, 0.29) is 11.7 Å². The molecule has 1 unspecified atom stereocenters. The van der Waals surface area contributed by atoms with Crippen molar-refractivity contribution in [3.63, 3.8) is 0 Å².